The lowest BCUT2D eigenvalue weighted by atomic mass is 10.0. The Morgan fingerprint density at radius 3 is 0.649 bits per heavy atom. The van der Waals surface area contributed by atoms with Crippen molar-refractivity contribution >= 4 is 17.9 Å². The van der Waals surface area contributed by atoms with Gasteiger partial charge in [0.25, 0.3) is 0 Å². The van der Waals surface area contributed by atoms with Crippen LogP contribution in [0.5, 0.6) is 0 Å². The Balaban J connectivity index is 4.22. The summed E-state index contributed by atoms with van der Waals surface area (Å²) in [5.74, 6) is -0.839. The van der Waals surface area contributed by atoms with Gasteiger partial charge in [-0.25, -0.2) is 0 Å². The molecule has 0 aromatic rings. The van der Waals surface area contributed by atoms with Crippen molar-refractivity contribution in [2.24, 2.45) is 0 Å². The van der Waals surface area contributed by atoms with E-state index in [2.05, 4.69) is 32.9 Å². The van der Waals surface area contributed by atoms with Gasteiger partial charge in [-0.15, -0.1) is 0 Å². The van der Waals surface area contributed by atoms with Crippen molar-refractivity contribution in [3.8, 4) is 0 Å². The fourth-order valence-electron chi connectivity index (χ4n) is 11.0. The lowest BCUT2D eigenvalue weighted by molar-refractivity contribution is -0.167. The molecule has 0 heterocycles. The second-order valence-electron chi connectivity index (χ2n) is 24.2. The summed E-state index contributed by atoms with van der Waals surface area (Å²) in [6, 6.07) is 0. The Morgan fingerprint density at radius 2 is 0.429 bits per heavy atom. The first-order valence-corrected chi connectivity index (χ1v) is 35.2. The molecular formula is C71H136O6. The molecule has 6 heteroatoms. The van der Waals surface area contributed by atoms with Crippen LogP contribution in [0.4, 0.5) is 0 Å². The van der Waals surface area contributed by atoms with Crippen LogP contribution in [-0.2, 0) is 28.6 Å². The van der Waals surface area contributed by atoms with E-state index in [1.807, 2.05) is 0 Å². The van der Waals surface area contributed by atoms with Gasteiger partial charge in [0.15, 0.2) is 6.10 Å². The molecule has 0 aliphatic rings. The molecule has 0 N–H and O–H groups in total. The Morgan fingerprint density at radius 1 is 0.247 bits per heavy atom. The van der Waals surface area contributed by atoms with Crippen LogP contribution in [0.15, 0.2) is 12.2 Å². The number of rotatable bonds is 66. The highest BCUT2D eigenvalue weighted by Crippen LogP contribution is 2.19. The van der Waals surface area contributed by atoms with Crippen LogP contribution in [0.25, 0.3) is 0 Å². The average Bonchev–Trinajstić information content (AvgIpc) is 3.43. The summed E-state index contributed by atoms with van der Waals surface area (Å²) in [5, 5.41) is 0. The summed E-state index contributed by atoms with van der Waals surface area (Å²) in [6.07, 6.45) is 79.5. The van der Waals surface area contributed by atoms with Gasteiger partial charge in [-0.05, 0) is 44.9 Å². The van der Waals surface area contributed by atoms with Crippen molar-refractivity contribution in [1.29, 1.82) is 0 Å². The summed E-state index contributed by atoms with van der Waals surface area (Å²) < 4.78 is 17.0. The molecule has 0 radical (unpaired) electrons. The minimum absolute atomic E-state index is 0.0656. The molecule has 0 aromatic carbocycles. The largest absolute Gasteiger partial charge is 0.462 e. The molecule has 0 saturated heterocycles. The zero-order valence-electron chi connectivity index (χ0n) is 52.5. The predicted molar refractivity (Wildman–Crippen MR) is 335 cm³/mol. The maximum atomic E-state index is 12.9. The summed E-state index contributed by atoms with van der Waals surface area (Å²) in [7, 11) is 0. The molecule has 0 aliphatic heterocycles. The first-order valence-electron chi connectivity index (χ1n) is 35.2. The lowest BCUT2D eigenvalue weighted by Crippen LogP contribution is -2.30. The van der Waals surface area contributed by atoms with Crippen LogP contribution in [0.3, 0.4) is 0 Å². The molecule has 6 nitrogen and oxygen atoms in total. The van der Waals surface area contributed by atoms with E-state index in [4.69, 9.17) is 14.2 Å². The number of carbonyl (C=O) groups excluding carboxylic acids is 3. The number of hydrogen-bond donors (Lipinski definition) is 0. The zero-order valence-corrected chi connectivity index (χ0v) is 52.5. The second-order valence-corrected chi connectivity index (χ2v) is 24.2. The molecule has 77 heavy (non-hydrogen) atoms. The van der Waals surface area contributed by atoms with E-state index in [0.29, 0.717) is 19.3 Å². The molecule has 0 fully saturated rings. The highest BCUT2D eigenvalue weighted by molar-refractivity contribution is 5.71. The maximum absolute atomic E-state index is 12.9. The second kappa shape index (κ2) is 66.7. The highest BCUT2D eigenvalue weighted by atomic mass is 16.6. The van der Waals surface area contributed by atoms with Gasteiger partial charge in [0.1, 0.15) is 13.2 Å². The van der Waals surface area contributed by atoms with E-state index in [1.54, 1.807) is 0 Å². The smallest absolute Gasteiger partial charge is 0.306 e. The Kier molecular flexibility index (Phi) is 65.1. The van der Waals surface area contributed by atoms with Gasteiger partial charge in [0, 0.05) is 19.3 Å². The first-order chi connectivity index (χ1) is 38.0. The monoisotopic (exact) mass is 1090 g/mol. The van der Waals surface area contributed by atoms with Crippen LogP contribution >= 0.6 is 0 Å². The van der Waals surface area contributed by atoms with Gasteiger partial charge in [0.2, 0.25) is 0 Å². The number of unbranched alkanes of at least 4 members (excludes halogenated alkanes) is 53. The predicted octanol–water partition coefficient (Wildman–Crippen LogP) is 24.0. The molecule has 1 atom stereocenters. The quantitative estimate of drug-likeness (QED) is 0.0261. The third-order valence-electron chi connectivity index (χ3n) is 16.3. The Hall–Kier alpha value is -1.85. The Bertz CT molecular complexity index is 1200. The van der Waals surface area contributed by atoms with Crippen molar-refractivity contribution in [1.82, 2.24) is 0 Å². The molecule has 0 amide bonds. The van der Waals surface area contributed by atoms with Crippen LogP contribution in [-0.4, -0.2) is 37.2 Å². The molecule has 0 aromatic heterocycles. The van der Waals surface area contributed by atoms with Crippen LogP contribution in [0, 0.1) is 0 Å². The molecule has 1 unspecified atom stereocenters. The number of esters is 3. The molecule has 0 spiro atoms. The van der Waals surface area contributed by atoms with Gasteiger partial charge in [-0.1, -0.05) is 354 Å². The van der Waals surface area contributed by atoms with E-state index >= 15 is 0 Å². The first kappa shape index (κ1) is 75.2. The fraction of sp³-hybridized carbons (Fsp3) is 0.930. The molecular weight excluding hydrogens is 949 g/mol. The molecule has 456 valence electrons. The van der Waals surface area contributed by atoms with Crippen molar-refractivity contribution in [2.45, 2.75) is 412 Å². The Labute approximate surface area is 481 Å². The third kappa shape index (κ3) is 64.9. The highest BCUT2D eigenvalue weighted by Gasteiger charge is 2.19. The molecule has 0 aliphatic carbocycles. The van der Waals surface area contributed by atoms with E-state index in [-0.39, 0.29) is 31.1 Å². The standard InChI is InChI=1S/C71H136O6/c1-4-7-10-13-16-19-22-25-28-31-32-33-34-35-36-37-38-39-41-43-46-49-52-55-58-61-64-70(73)76-67-68(66-75-69(72)63-60-57-54-51-48-45-42-30-27-24-21-18-15-12-9-6-3)77-71(74)65-62-59-56-53-50-47-44-40-29-26-23-20-17-14-11-8-5-2/h30,42,68H,4-29,31-41,43-67H2,1-3H3/b42-30-. The van der Waals surface area contributed by atoms with E-state index < -0.39 is 6.10 Å². The number of allylic oxidation sites excluding steroid dienone is 2. The van der Waals surface area contributed by atoms with Crippen molar-refractivity contribution < 1.29 is 28.6 Å². The van der Waals surface area contributed by atoms with Crippen molar-refractivity contribution in [3.63, 3.8) is 0 Å². The van der Waals surface area contributed by atoms with E-state index in [9.17, 15) is 14.4 Å². The van der Waals surface area contributed by atoms with E-state index in [0.717, 1.165) is 64.2 Å². The van der Waals surface area contributed by atoms with Crippen LogP contribution < -0.4 is 0 Å². The SMILES string of the molecule is CCCCCCCCC/C=C\CCCCCCCC(=O)OCC(COC(=O)CCCCCCCCCCCCCCCCCCCCCCCCCCCC)OC(=O)CCCCCCCCCCCCCCCCCCC. The summed E-state index contributed by atoms with van der Waals surface area (Å²) in [5.41, 5.74) is 0. The average molecular weight is 1090 g/mol. The van der Waals surface area contributed by atoms with Crippen molar-refractivity contribution in [2.75, 3.05) is 13.2 Å². The van der Waals surface area contributed by atoms with Gasteiger partial charge < -0.3 is 14.2 Å². The maximum Gasteiger partial charge on any atom is 0.306 e. The minimum Gasteiger partial charge on any atom is -0.462 e. The number of ether oxygens (including phenoxy) is 3. The van der Waals surface area contributed by atoms with Gasteiger partial charge in [0.05, 0.1) is 0 Å². The molecule has 0 rings (SSSR count). The normalized spacial score (nSPS) is 12.0. The number of carbonyl (C=O) groups is 3. The van der Waals surface area contributed by atoms with Crippen LogP contribution in [0.1, 0.15) is 406 Å². The topological polar surface area (TPSA) is 78.9 Å². The number of hydrogen-bond acceptors (Lipinski definition) is 6. The van der Waals surface area contributed by atoms with Gasteiger partial charge in [-0.3, -0.25) is 14.4 Å². The van der Waals surface area contributed by atoms with Gasteiger partial charge >= 0.3 is 17.9 Å². The molecule has 0 bridgehead atoms. The van der Waals surface area contributed by atoms with Crippen molar-refractivity contribution in [3.05, 3.63) is 12.2 Å². The zero-order chi connectivity index (χ0) is 55.7. The lowest BCUT2D eigenvalue weighted by Gasteiger charge is -2.18. The molecule has 0 saturated carbocycles. The summed E-state index contributed by atoms with van der Waals surface area (Å²) >= 11 is 0. The third-order valence-corrected chi connectivity index (χ3v) is 16.3. The summed E-state index contributed by atoms with van der Waals surface area (Å²) in [6.45, 7) is 6.72. The van der Waals surface area contributed by atoms with Crippen LogP contribution in [0.2, 0.25) is 0 Å². The van der Waals surface area contributed by atoms with Gasteiger partial charge in [-0.2, -0.15) is 0 Å². The minimum atomic E-state index is -0.769. The fourth-order valence-corrected chi connectivity index (χ4v) is 11.0. The summed E-state index contributed by atoms with van der Waals surface area (Å²) in [4.78, 5) is 38.4. The van der Waals surface area contributed by atoms with E-state index in [1.165, 1.54) is 302 Å².